The predicted octanol–water partition coefficient (Wildman–Crippen LogP) is 16.5. The molecule has 7 heteroatoms. The Hall–Kier alpha value is -4.30. The molecule has 14 rings (SSSR count). The number of esters is 2. The minimum absolute atomic E-state index is 0.106. The monoisotopic (exact) mass is 1120 g/mol. The Labute approximate surface area is 496 Å². The molecule has 3 N–H and O–H groups in total. The molecule has 9 aliphatic carbocycles. The van der Waals surface area contributed by atoms with Crippen LogP contribution in [0.25, 0.3) is 10.8 Å². The maximum absolute atomic E-state index is 15.0. The smallest absolute Gasteiger partial charge is 0.331 e. The number of ether oxygens (including phenoxy) is 2. The summed E-state index contributed by atoms with van der Waals surface area (Å²) in [6.45, 7) is 7.10. The van der Waals surface area contributed by atoms with E-state index in [1.54, 1.807) is 33.7 Å². The van der Waals surface area contributed by atoms with Crippen LogP contribution in [-0.2, 0) is 30.9 Å². The second-order valence-electron chi connectivity index (χ2n) is 30.5. The standard InChI is InChI=1S/C76H98O7/c1-49(19-17-22-51-20-7-4-8-21-51)30-33-63(77)76-64(78)36-40-71(3,69(76)62(83-70(80)54-23-9-5-10-24-54)43-50(2)75(76,81)42-34-52-44-65(79)82-47-52)56-35-41-74-48-72(37-15-16-38-72)61-46-73(55-26-11-6-12-27-55)39-14-13-29-59(73)58-32-31-53-25-18-28-57(60(74)45-56)66(53)67(58)68(61)74/h4,6-8,11-12,18,20-21,25-28,31-32,44,49-50,54,56,59-64,68-69,77-78,81H,5,9-10,13-17,19,22-24,29-30,33-43,45-48H2,1-3H3. The highest BCUT2D eigenvalue weighted by molar-refractivity contribution is 5.93. The summed E-state index contributed by atoms with van der Waals surface area (Å²) in [6.07, 6.45) is 26.7. The zero-order valence-electron chi connectivity index (χ0n) is 50.6. The average molecular weight is 1120 g/mol. The van der Waals surface area contributed by atoms with Gasteiger partial charge in [0.05, 0.1) is 29.1 Å². The summed E-state index contributed by atoms with van der Waals surface area (Å²) in [6, 6.07) is 35.1. The molecular weight excluding hydrogens is 1020 g/mol. The van der Waals surface area contributed by atoms with Gasteiger partial charge in [-0.05, 0) is 230 Å². The Morgan fingerprint density at radius 1 is 0.759 bits per heavy atom. The van der Waals surface area contributed by atoms with Crippen molar-refractivity contribution in [2.45, 2.75) is 248 Å². The maximum Gasteiger partial charge on any atom is 0.331 e. The van der Waals surface area contributed by atoms with Gasteiger partial charge in [-0.25, -0.2) is 4.79 Å². The molecule has 7 nitrogen and oxygen atoms in total. The summed E-state index contributed by atoms with van der Waals surface area (Å²) in [5.74, 6) is 0.908. The van der Waals surface area contributed by atoms with Crippen LogP contribution in [0, 0.1) is 57.2 Å². The Morgan fingerprint density at radius 2 is 1.52 bits per heavy atom. The van der Waals surface area contributed by atoms with Crippen LogP contribution in [-0.4, -0.2) is 57.8 Å². The lowest BCUT2D eigenvalue weighted by Gasteiger charge is -2.71. The van der Waals surface area contributed by atoms with Gasteiger partial charge in [0.25, 0.3) is 0 Å². The number of carbonyl (C=O) groups is 2. The van der Waals surface area contributed by atoms with Crippen molar-refractivity contribution in [2.24, 2.45) is 57.2 Å². The molecule has 0 aromatic heterocycles. The lowest BCUT2D eigenvalue weighted by Crippen LogP contribution is -2.77. The molecule has 0 amide bonds. The van der Waals surface area contributed by atoms with E-state index in [1.807, 2.05) is 0 Å². The van der Waals surface area contributed by atoms with Crippen molar-refractivity contribution in [3.63, 3.8) is 0 Å². The van der Waals surface area contributed by atoms with Crippen LogP contribution in [0.3, 0.4) is 0 Å². The van der Waals surface area contributed by atoms with Gasteiger partial charge in [-0.15, -0.1) is 0 Å². The molecule has 4 aromatic rings. The molecule has 1 aliphatic heterocycles. The average Bonchev–Trinajstić information content (AvgIpc) is 4.14. The molecule has 1 heterocycles. The second-order valence-corrected chi connectivity index (χ2v) is 30.5. The van der Waals surface area contributed by atoms with Crippen LogP contribution in [0.2, 0.25) is 0 Å². The van der Waals surface area contributed by atoms with Gasteiger partial charge >= 0.3 is 11.9 Å². The number of hydrogen-bond donors (Lipinski definition) is 3. The number of cyclic esters (lactones) is 1. The molecule has 0 radical (unpaired) electrons. The molecule has 0 bridgehead atoms. The first-order valence-corrected chi connectivity index (χ1v) is 34.0. The molecule has 0 saturated heterocycles. The van der Waals surface area contributed by atoms with E-state index in [0.29, 0.717) is 60.7 Å². The van der Waals surface area contributed by atoms with Gasteiger partial charge in [0.2, 0.25) is 0 Å². The number of rotatable bonds is 15. The summed E-state index contributed by atoms with van der Waals surface area (Å²) in [5.41, 5.74) is 5.82. The molecule has 2 spiro atoms. The van der Waals surface area contributed by atoms with Crippen molar-refractivity contribution < 1.29 is 34.4 Å². The minimum Gasteiger partial charge on any atom is -0.462 e. The number of hydrogen-bond acceptors (Lipinski definition) is 7. The van der Waals surface area contributed by atoms with Crippen LogP contribution >= 0.6 is 0 Å². The summed E-state index contributed by atoms with van der Waals surface area (Å²) in [5, 5.41) is 44.8. The summed E-state index contributed by atoms with van der Waals surface area (Å²) in [4.78, 5) is 27.6. The van der Waals surface area contributed by atoms with E-state index in [4.69, 9.17) is 9.47 Å². The van der Waals surface area contributed by atoms with E-state index < -0.39 is 46.6 Å². The maximum atomic E-state index is 15.0. The van der Waals surface area contributed by atoms with Crippen LogP contribution in [0.1, 0.15) is 240 Å². The Morgan fingerprint density at radius 3 is 2.29 bits per heavy atom. The highest BCUT2D eigenvalue weighted by Gasteiger charge is 2.76. The quantitative estimate of drug-likeness (QED) is 0.102. The molecule has 4 aromatic carbocycles. The van der Waals surface area contributed by atoms with Crippen LogP contribution in [0.5, 0.6) is 0 Å². The van der Waals surface area contributed by atoms with Gasteiger partial charge < -0.3 is 24.8 Å². The van der Waals surface area contributed by atoms with Crippen molar-refractivity contribution in [2.75, 3.05) is 6.61 Å². The third-order valence-corrected chi connectivity index (χ3v) is 26.9. The van der Waals surface area contributed by atoms with E-state index in [1.165, 1.54) is 75.2 Å². The Kier molecular flexibility index (Phi) is 14.9. The summed E-state index contributed by atoms with van der Waals surface area (Å²) in [7, 11) is 0. The number of benzene rings is 4. The van der Waals surface area contributed by atoms with Crippen molar-refractivity contribution >= 4 is 22.7 Å². The Bertz CT molecular complexity index is 3060. The zero-order chi connectivity index (χ0) is 56.9. The van der Waals surface area contributed by atoms with E-state index >= 15 is 0 Å². The molecule has 444 valence electrons. The molecular formula is C76H98O7. The lowest BCUT2D eigenvalue weighted by molar-refractivity contribution is -0.328. The molecule has 10 aliphatic rings. The normalized spacial score (nSPS) is 38.6. The first-order valence-electron chi connectivity index (χ1n) is 34.0. The fraction of sp³-hybridized carbons (Fsp3) is 0.658. The van der Waals surface area contributed by atoms with Gasteiger partial charge in [-0.2, -0.15) is 0 Å². The number of aryl methyl sites for hydroxylation is 1. The van der Waals surface area contributed by atoms with E-state index in [9.17, 15) is 24.9 Å². The fourth-order valence-corrected chi connectivity index (χ4v) is 23.3. The van der Waals surface area contributed by atoms with Crippen LogP contribution in [0.4, 0.5) is 0 Å². The molecule has 16 atom stereocenters. The highest BCUT2D eigenvalue weighted by Crippen LogP contribution is 2.81. The molecule has 7 fully saturated rings. The number of carbonyl (C=O) groups excluding carboxylic acids is 2. The van der Waals surface area contributed by atoms with Crippen LogP contribution in [0.15, 0.2) is 103 Å². The topological polar surface area (TPSA) is 113 Å². The molecule has 7 saturated carbocycles. The van der Waals surface area contributed by atoms with Crippen molar-refractivity contribution in [1.29, 1.82) is 0 Å². The minimum atomic E-state index is -1.55. The van der Waals surface area contributed by atoms with Crippen molar-refractivity contribution in [3.8, 4) is 0 Å². The lowest BCUT2D eigenvalue weighted by atomic mass is 9.36. The number of aliphatic hydroxyl groups is 3. The SMILES string of the molecule is CC(CCCc1ccccc1)CCC(O)C12C(O)CCC(C)(C3CCC45CC6(CCCC6)C6CC7(c8ccccc8)CCCCC7c7ccc8cccc(c8c7C64)C5C3)C1C(OC(=O)C1CCCCC1)CC(C)C2(O)CCC1=CC(=O)OC1. The summed E-state index contributed by atoms with van der Waals surface area (Å²) >= 11 is 0. The molecule has 16 unspecified atom stereocenters. The van der Waals surface area contributed by atoms with Gasteiger partial charge in [-0.1, -0.05) is 163 Å². The number of aliphatic hydroxyl groups excluding tert-OH is 2. The third-order valence-electron chi connectivity index (χ3n) is 26.9. The van der Waals surface area contributed by atoms with Crippen molar-refractivity contribution in [1.82, 2.24) is 0 Å². The van der Waals surface area contributed by atoms with E-state index in [0.717, 1.165) is 89.0 Å². The van der Waals surface area contributed by atoms with E-state index in [2.05, 4.69) is 112 Å². The van der Waals surface area contributed by atoms with Gasteiger partial charge in [-0.3, -0.25) is 4.79 Å². The van der Waals surface area contributed by atoms with Gasteiger partial charge in [0.1, 0.15) is 12.7 Å². The Balaban J connectivity index is 0.889. The van der Waals surface area contributed by atoms with Gasteiger partial charge in [0, 0.05) is 17.4 Å². The first-order chi connectivity index (χ1) is 40.2. The summed E-state index contributed by atoms with van der Waals surface area (Å²) < 4.78 is 12.7. The predicted molar refractivity (Wildman–Crippen MR) is 329 cm³/mol. The third kappa shape index (κ3) is 8.90. The van der Waals surface area contributed by atoms with Crippen molar-refractivity contribution in [3.05, 3.63) is 130 Å². The number of fused-ring (bicyclic) bond motifs is 5. The largest absolute Gasteiger partial charge is 0.462 e. The highest BCUT2D eigenvalue weighted by atomic mass is 16.5. The second kappa shape index (κ2) is 21.8. The van der Waals surface area contributed by atoms with E-state index in [-0.39, 0.29) is 47.6 Å². The zero-order valence-corrected chi connectivity index (χ0v) is 50.6. The van der Waals surface area contributed by atoms with Gasteiger partial charge in [0.15, 0.2) is 0 Å². The fourth-order valence-electron chi connectivity index (χ4n) is 23.3. The van der Waals surface area contributed by atoms with Crippen LogP contribution < -0.4 is 0 Å². The molecule has 83 heavy (non-hydrogen) atoms. The first kappa shape index (κ1) is 56.5.